The molecular weight excluding hydrogens is 526 g/mol. The second kappa shape index (κ2) is 10.7. The Kier molecular flexibility index (Phi) is 7.13. The number of rotatable bonds is 7. The third kappa shape index (κ3) is 5.52. The summed E-state index contributed by atoms with van der Waals surface area (Å²) in [6, 6.07) is 21.0. The van der Waals surface area contributed by atoms with Crippen molar-refractivity contribution in [1.29, 1.82) is 0 Å². The molecule has 1 aromatic heterocycles. The first-order valence-electron chi connectivity index (χ1n) is 12.0. The molecule has 2 heterocycles. The molecule has 3 aromatic carbocycles. The van der Waals surface area contributed by atoms with Crippen LogP contribution in [0.2, 0.25) is 0 Å². The highest BCUT2D eigenvalue weighted by atomic mass is 32.2. The number of esters is 1. The van der Waals surface area contributed by atoms with Crippen LogP contribution in [0.25, 0.3) is 22.1 Å². The lowest BCUT2D eigenvalue weighted by Crippen LogP contribution is -2.51. The zero-order valence-electron chi connectivity index (χ0n) is 20.6. The van der Waals surface area contributed by atoms with Crippen molar-refractivity contribution in [1.82, 2.24) is 9.21 Å². The predicted molar refractivity (Wildman–Crippen MR) is 140 cm³/mol. The molecule has 0 radical (unpaired) electrons. The number of fused-ring (bicyclic) bond motifs is 1. The normalized spacial score (nSPS) is 14.3. The average Bonchev–Trinajstić information content (AvgIpc) is 3.46. The van der Waals surface area contributed by atoms with E-state index in [-0.39, 0.29) is 42.5 Å². The van der Waals surface area contributed by atoms with Crippen molar-refractivity contribution in [2.75, 3.05) is 32.8 Å². The molecule has 200 valence electrons. The summed E-state index contributed by atoms with van der Waals surface area (Å²) in [6.45, 7) is 0.0313. The Hall–Kier alpha value is -4.55. The Morgan fingerprint density at radius 3 is 2.28 bits per heavy atom. The maximum Gasteiger partial charge on any atom is 0.374 e. The largest absolute Gasteiger partial charge is 0.450 e. The van der Waals surface area contributed by atoms with Gasteiger partial charge in [0.15, 0.2) is 6.61 Å². The number of sulfonamides is 1. The zero-order chi connectivity index (χ0) is 27.6. The molecule has 39 heavy (non-hydrogen) atoms. The van der Waals surface area contributed by atoms with Crippen LogP contribution in [0.3, 0.4) is 0 Å². The molecule has 12 heteroatoms. The fraction of sp³-hybridized carbons (Fsp3) is 0.185. The van der Waals surface area contributed by atoms with Crippen LogP contribution < -0.4 is 0 Å². The monoisotopic (exact) mass is 549 g/mol. The summed E-state index contributed by atoms with van der Waals surface area (Å²) in [4.78, 5) is 36.9. The molecule has 0 atom stereocenters. The predicted octanol–water partition coefficient (Wildman–Crippen LogP) is 3.70. The molecule has 1 saturated heterocycles. The number of nitrogens with zero attached hydrogens (tertiary/aromatic N) is 3. The molecular formula is C27H23N3O8S. The van der Waals surface area contributed by atoms with Crippen LogP contribution in [-0.2, 0) is 19.6 Å². The summed E-state index contributed by atoms with van der Waals surface area (Å²) in [6.07, 6.45) is 0. The summed E-state index contributed by atoms with van der Waals surface area (Å²) in [5, 5.41) is 12.6. The van der Waals surface area contributed by atoms with E-state index in [1.807, 2.05) is 24.3 Å². The first kappa shape index (κ1) is 26.1. The number of ether oxygens (including phenoxy) is 1. The number of hydrogen-bond donors (Lipinski definition) is 0. The molecule has 1 amide bonds. The van der Waals surface area contributed by atoms with Gasteiger partial charge in [-0.15, -0.1) is 0 Å². The minimum Gasteiger partial charge on any atom is -0.450 e. The SMILES string of the molecule is O=C(OCC(=O)N1CCN(S(=O)(=O)c2ccc3ccccc3c2)CC1)c1ccc(-c2ccc([N+](=O)[O-])cc2)o1. The lowest BCUT2D eigenvalue weighted by atomic mass is 10.1. The third-order valence-electron chi connectivity index (χ3n) is 6.45. The average molecular weight is 550 g/mol. The van der Waals surface area contributed by atoms with Crippen molar-refractivity contribution in [3.05, 3.63) is 94.7 Å². The number of nitro benzene ring substituents is 1. The molecule has 1 fully saturated rings. The van der Waals surface area contributed by atoms with E-state index in [0.29, 0.717) is 11.3 Å². The van der Waals surface area contributed by atoms with E-state index in [1.165, 1.54) is 45.6 Å². The van der Waals surface area contributed by atoms with Gasteiger partial charge in [-0.2, -0.15) is 4.31 Å². The number of hydrogen-bond acceptors (Lipinski definition) is 8. The van der Waals surface area contributed by atoms with Crippen molar-refractivity contribution in [3.8, 4) is 11.3 Å². The summed E-state index contributed by atoms with van der Waals surface area (Å²) < 4.78 is 38.2. The molecule has 0 spiro atoms. The van der Waals surface area contributed by atoms with Gasteiger partial charge in [-0.05, 0) is 47.2 Å². The van der Waals surface area contributed by atoms with E-state index in [9.17, 15) is 28.1 Å². The molecule has 5 rings (SSSR count). The Labute approximate surface area is 223 Å². The molecule has 0 unspecified atom stereocenters. The number of carbonyl (C=O) groups is 2. The first-order chi connectivity index (χ1) is 18.7. The van der Waals surface area contributed by atoms with Gasteiger partial charge in [-0.25, -0.2) is 13.2 Å². The van der Waals surface area contributed by atoms with Gasteiger partial charge in [0.1, 0.15) is 5.76 Å². The van der Waals surface area contributed by atoms with Crippen LogP contribution in [0.15, 0.2) is 88.2 Å². The lowest BCUT2D eigenvalue weighted by molar-refractivity contribution is -0.384. The maximum atomic E-state index is 13.1. The number of non-ortho nitro benzene ring substituents is 1. The molecule has 0 N–H and O–H groups in total. The Bertz CT molecular complexity index is 1660. The molecule has 1 aliphatic heterocycles. The lowest BCUT2D eigenvalue weighted by Gasteiger charge is -2.33. The number of piperazine rings is 1. The standard InChI is InChI=1S/C27H23N3O8S/c31-26(18-37-27(32)25-12-11-24(38-25)20-5-8-22(9-6-20)30(33)34)28-13-15-29(16-14-28)39(35,36)23-10-7-19-3-1-2-4-21(19)17-23/h1-12,17H,13-16,18H2. The first-order valence-corrected chi connectivity index (χ1v) is 13.4. The number of benzene rings is 3. The summed E-state index contributed by atoms with van der Waals surface area (Å²) in [7, 11) is -3.73. The minimum atomic E-state index is -3.73. The fourth-order valence-electron chi connectivity index (χ4n) is 4.29. The summed E-state index contributed by atoms with van der Waals surface area (Å²) in [5.74, 6) is -1.10. The number of furan rings is 1. The molecule has 0 bridgehead atoms. The van der Waals surface area contributed by atoms with E-state index < -0.39 is 33.4 Å². The number of nitro groups is 1. The molecule has 1 aliphatic rings. The van der Waals surface area contributed by atoms with Crippen LogP contribution in [0.4, 0.5) is 5.69 Å². The fourth-order valence-corrected chi connectivity index (χ4v) is 5.75. The number of amides is 1. The maximum absolute atomic E-state index is 13.1. The van der Waals surface area contributed by atoms with E-state index in [2.05, 4.69) is 0 Å². The van der Waals surface area contributed by atoms with E-state index in [0.717, 1.165) is 10.8 Å². The highest BCUT2D eigenvalue weighted by Gasteiger charge is 2.30. The highest BCUT2D eigenvalue weighted by Crippen LogP contribution is 2.25. The molecule has 0 aliphatic carbocycles. The van der Waals surface area contributed by atoms with Crippen LogP contribution in [0.5, 0.6) is 0 Å². The van der Waals surface area contributed by atoms with Crippen LogP contribution in [0, 0.1) is 10.1 Å². The molecule has 4 aromatic rings. The van der Waals surface area contributed by atoms with Crippen LogP contribution >= 0.6 is 0 Å². The van der Waals surface area contributed by atoms with Crippen LogP contribution in [0.1, 0.15) is 10.6 Å². The second-order valence-electron chi connectivity index (χ2n) is 8.84. The van der Waals surface area contributed by atoms with E-state index in [1.54, 1.807) is 18.2 Å². The second-order valence-corrected chi connectivity index (χ2v) is 10.8. The van der Waals surface area contributed by atoms with Gasteiger partial charge >= 0.3 is 5.97 Å². The third-order valence-corrected chi connectivity index (χ3v) is 8.34. The molecule has 0 saturated carbocycles. The van der Waals surface area contributed by atoms with Gasteiger partial charge in [0, 0.05) is 43.9 Å². The van der Waals surface area contributed by atoms with Crippen molar-refractivity contribution < 1.29 is 32.1 Å². The van der Waals surface area contributed by atoms with Crippen molar-refractivity contribution in [3.63, 3.8) is 0 Å². The topological polar surface area (TPSA) is 140 Å². The van der Waals surface area contributed by atoms with Gasteiger partial charge in [0.2, 0.25) is 15.8 Å². The van der Waals surface area contributed by atoms with Crippen molar-refractivity contribution >= 4 is 38.4 Å². The van der Waals surface area contributed by atoms with Gasteiger partial charge < -0.3 is 14.1 Å². The summed E-state index contributed by atoms with van der Waals surface area (Å²) >= 11 is 0. The Morgan fingerprint density at radius 1 is 0.897 bits per heavy atom. The Balaban J connectivity index is 1.14. The molecule has 11 nitrogen and oxygen atoms in total. The smallest absolute Gasteiger partial charge is 0.374 e. The van der Waals surface area contributed by atoms with Crippen LogP contribution in [-0.4, -0.2) is 67.2 Å². The van der Waals surface area contributed by atoms with Crippen molar-refractivity contribution in [2.45, 2.75) is 4.90 Å². The van der Waals surface area contributed by atoms with Gasteiger partial charge in [-0.3, -0.25) is 14.9 Å². The van der Waals surface area contributed by atoms with E-state index in [4.69, 9.17) is 9.15 Å². The highest BCUT2D eigenvalue weighted by molar-refractivity contribution is 7.89. The van der Waals surface area contributed by atoms with Gasteiger partial charge in [0.25, 0.3) is 11.6 Å². The van der Waals surface area contributed by atoms with Gasteiger partial charge in [0.05, 0.1) is 9.82 Å². The summed E-state index contributed by atoms with van der Waals surface area (Å²) in [5.41, 5.74) is 0.461. The van der Waals surface area contributed by atoms with Gasteiger partial charge in [-0.1, -0.05) is 30.3 Å². The van der Waals surface area contributed by atoms with E-state index >= 15 is 0 Å². The van der Waals surface area contributed by atoms with Crippen molar-refractivity contribution in [2.24, 2.45) is 0 Å². The Morgan fingerprint density at radius 2 is 1.59 bits per heavy atom. The number of carbonyl (C=O) groups excluding carboxylic acids is 2. The zero-order valence-corrected chi connectivity index (χ0v) is 21.4. The quantitative estimate of drug-likeness (QED) is 0.193. The minimum absolute atomic E-state index is 0.0735.